The highest BCUT2D eigenvalue weighted by Gasteiger charge is 2.37. The number of unbranched alkanes of at least 4 members (excludes halogenated alkanes) is 1. The first kappa shape index (κ1) is 13.3. The van der Waals surface area contributed by atoms with Gasteiger partial charge in [0.15, 0.2) is 0 Å². The number of nitrogens with zero attached hydrogens (tertiary/aromatic N) is 2. The minimum atomic E-state index is 0.794. The topological polar surface area (TPSA) is 18.5 Å². The van der Waals surface area contributed by atoms with Crippen molar-refractivity contribution in [3.63, 3.8) is 0 Å². The smallest absolute Gasteiger partial charge is 0.0111 e. The van der Waals surface area contributed by atoms with Crippen molar-refractivity contribution in [1.82, 2.24) is 15.1 Å². The summed E-state index contributed by atoms with van der Waals surface area (Å²) in [6, 6.07) is 2.53. The molecular weight excluding hydrogens is 210 g/mol. The van der Waals surface area contributed by atoms with Gasteiger partial charge in [-0.05, 0) is 72.8 Å². The maximum absolute atomic E-state index is 3.77. The third kappa shape index (κ3) is 3.67. The molecule has 0 aromatic rings. The summed E-state index contributed by atoms with van der Waals surface area (Å²) in [6.07, 6.45) is 8.25. The molecule has 2 rings (SSSR count). The van der Waals surface area contributed by atoms with E-state index in [-0.39, 0.29) is 0 Å². The molecule has 0 aromatic carbocycles. The van der Waals surface area contributed by atoms with Crippen LogP contribution in [0.25, 0.3) is 0 Å². The van der Waals surface area contributed by atoms with E-state index in [0.717, 1.165) is 18.1 Å². The molecule has 2 bridgehead atoms. The zero-order valence-corrected chi connectivity index (χ0v) is 11.8. The highest BCUT2D eigenvalue weighted by molar-refractivity contribution is 4.95. The monoisotopic (exact) mass is 239 g/mol. The van der Waals surface area contributed by atoms with Crippen LogP contribution in [-0.4, -0.2) is 62.2 Å². The Morgan fingerprint density at radius 3 is 2.35 bits per heavy atom. The van der Waals surface area contributed by atoms with Crippen molar-refractivity contribution >= 4 is 0 Å². The summed E-state index contributed by atoms with van der Waals surface area (Å²) in [6.45, 7) is 2.43. The zero-order valence-electron chi connectivity index (χ0n) is 11.8. The fraction of sp³-hybridized carbons (Fsp3) is 1.00. The van der Waals surface area contributed by atoms with Gasteiger partial charge in [0.2, 0.25) is 0 Å². The van der Waals surface area contributed by atoms with Gasteiger partial charge in [0, 0.05) is 18.1 Å². The number of fused-ring (bicyclic) bond motifs is 2. The van der Waals surface area contributed by atoms with Gasteiger partial charge in [0.25, 0.3) is 0 Å². The molecule has 0 spiro atoms. The van der Waals surface area contributed by atoms with E-state index >= 15 is 0 Å². The lowest BCUT2D eigenvalue weighted by Crippen LogP contribution is -2.47. The quantitative estimate of drug-likeness (QED) is 0.709. The molecule has 2 saturated heterocycles. The minimum absolute atomic E-state index is 0.794. The molecule has 2 heterocycles. The highest BCUT2D eigenvalue weighted by Crippen LogP contribution is 2.34. The van der Waals surface area contributed by atoms with Crippen molar-refractivity contribution < 1.29 is 0 Å². The standard InChI is InChI=1S/C14H29N3/c1-16(2)9-5-4-8-15-12-10-13-6-7-14(11-12)17(13)3/h12-15H,4-11H2,1-3H3. The molecule has 3 nitrogen and oxygen atoms in total. The van der Waals surface area contributed by atoms with E-state index in [9.17, 15) is 0 Å². The van der Waals surface area contributed by atoms with E-state index in [0.29, 0.717) is 0 Å². The van der Waals surface area contributed by atoms with Crippen LogP contribution in [0.3, 0.4) is 0 Å². The summed E-state index contributed by atoms with van der Waals surface area (Å²) in [5.74, 6) is 0. The van der Waals surface area contributed by atoms with Crippen LogP contribution in [0.15, 0.2) is 0 Å². The number of hydrogen-bond donors (Lipinski definition) is 1. The van der Waals surface area contributed by atoms with E-state index < -0.39 is 0 Å². The molecule has 2 atom stereocenters. The maximum Gasteiger partial charge on any atom is 0.0111 e. The van der Waals surface area contributed by atoms with Gasteiger partial charge < -0.3 is 15.1 Å². The van der Waals surface area contributed by atoms with Crippen LogP contribution in [0.1, 0.15) is 38.5 Å². The van der Waals surface area contributed by atoms with Gasteiger partial charge in [-0.15, -0.1) is 0 Å². The fourth-order valence-corrected chi connectivity index (χ4v) is 3.44. The van der Waals surface area contributed by atoms with Crippen molar-refractivity contribution in [2.24, 2.45) is 0 Å². The van der Waals surface area contributed by atoms with Gasteiger partial charge in [-0.2, -0.15) is 0 Å². The van der Waals surface area contributed by atoms with Crippen LogP contribution >= 0.6 is 0 Å². The molecule has 0 radical (unpaired) electrons. The zero-order chi connectivity index (χ0) is 12.3. The Bertz CT molecular complexity index is 216. The van der Waals surface area contributed by atoms with Crippen LogP contribution in [-0.2, 0) is 0 Å². The first-order valence-corrected chi connectivity index (χ1v) is 7.27. The predicted molar refractivity (Wildman–Crippen MR) is 73.4 cm³/mol. The molecule has 0 aliphatic carbocycles. The van der Waals surface area contributed by atoms with Crippen LogP contribution in [0.2, 0.25) is 0 Å². The average molecular weight is 239 g/mol. The number of hydrogen-bond acceptors (Lipinski definition) is 3. The van der Waals surface area contributed by atoms with Crippen molar-refractivity contribution in [1.29, 1.82) is 0 Å². The molecule has 2 unspecified atom stereocenters. The van der Waals surface area contributed by atoms with Crippen molar-refractivity contribution in [3.05, 3.63) is 0 Å². The van der Waals surface area contributed by atoms with Crippen LogP contribution in [0, 0.1) is 0 Å². The molecule has 100 valence electrons. The molecular formula is C14H29N3. The first-order valence-electron chi connectivity index (χ1n) is 7.27. The third-order valence-electron chi connectivity index (χ3n) is 4.56. The Morgan fingerprint density at radius 2 is 1.76 bits per heavy atom. The second-order valence-corrected chi connectivity index (χ2v) is 6.18. The van der Waals surface area contributed by atoms with E-state index in [1.807, 2.05) is 0 Å². The molecule has 2 aliphatic heterocycles. The van der Waals surface area contributed by atoms with E-state index in [1.165, 1.54) is 51.6 Å². The summed E-state index contributed by atoms with van der Waals surface area (Å²) in [5.41, 5.74) is 0. The second kappa shape index (κ2) is 6.17. The maximum atomic E-state index is 3.77. The van der Waals surface area contributed by atoms with Crippen molar-refractivity contribution in [3.8, 4) is 0 Å². The van der Waals surface area contributed by atoms with Crippen LogP contribution in [0.4, 0.5) is 0 Å². The Labute approximate surface area is 107 Å². The molecule has 1 N–H and O–H groups in total. The van der Waals surface area contributed by atoms with Crippen LogP contribution < -0.4 is 5.32 Å². The van der Waals surface area contributed by atoms with Gasteiger partial charge in [-0.3, -0.25) is 0 Å². The molecule has 0 aromatic heterocycles. The Morgan fingerprint density at radius 1 is 1.12 bits per heavy atom. The Kier molecular flexibility index (Phi) is 4.83. The third-order valence-corrected chi connectivity index (χ3v) is 4.56. The van der Waals surface area contributed by atoms with Gasteiger partial charge in [-0.1, -0.05) is 0 Å². The van der Waals surface area contributed by atoms with E-state index in [2.05, 4.69) is 36.3 Å². The molecule has 17 heavy (non-hydrogen) atoms. The summed E-state index contributed by atoms with van der Waals surface area (Å²) < 4.78 is 0. The molecule has 2 fully saturated rings. The van der Waals surface area contributed by atoms with E-state index in [4.69, 9.17) is 0 Å². The summed E-state index contributed by atoms with van der Waals surface area (Å²) in [5, 5.41) is 3.77. The Balaban J connectivity index is 1.58. The molecule has 0 amide bonds. The lowest BCUT2D eigenvalue weighted by Gasteiger charge is -2.36. The minimum Gasteiger partial charge on any atom is -0.314 e. The average Bonchev–Trinajstić information content (AvgIpc) is 2.52. The summed E-state index contributed by atoms with van der Waals surface area (Å²) >= 11 is 0. The lowest BCUT2D eigenvalue weighted by molar-refractivity contribution is 0.148. The predicted octanol–water partition coefficient (Wildman–Crippen LogP) is 1.54. The van der Waals surface area contributed by atoms with Gasteiger partial charge >= 0.3 is 0 Å². The van der Waals surface area contributed by atoms with Gasteiger partial charge in [-0.25, -0.2) is 0 Å². The fourth-order valence-electron chi connectivity index (χ4n) is 3.44. The molecule has 2 aliphatic rings. The van der Waals surface area contributed by atoms with Crippen molar-refractivity contribution in [2.45, 2.75) is 56.7 Å². The largest absolute Gasteiger partial charge is 0.314 e. The summed E-state index contributed by atoms with van der Waals surface area (Å²) in [4.78, 5) is 4.89. The molecule has 3 heteroatoms. The molecule has 0 saturated carbocycles. The van der Waals surface area contributed by atoms with Crippen LogP contribution in [0.5, 0.6) is 0 Å². The second-order valence-electron chi connectivity index (χ2n) is 6.18. The normalized spacial score (nSPS) is 33.5. The highest BCUT2D eigenvalue weighted by atomic mass is 15.2. The number of piperidine rings is 1. The first-order chi connectivity index (χ1) is 8.16. The number of nitrogens with one attached hydrogen (secondary N) is 1. The lowest BCUT2D eigenvalue weighted by atomic mass is 9.98. The van der Waals surface area contributed by atoms with Crippen molar-refractivity contribution in [2.75, 3.05) is 34.2 Å². The van der Waals surface area contributed by atoms with Gasteiger partial charge in [0.05, 0.1) is 0 Å². The Hall–Kier alpha value is -0.120. The summed E-state index contributed by atoms with van der Waals surface area (Å²) in [7, 11) is 6.62. The number of rotatable bonds is 6. The SMILES string of the molecule is CN(C)CCCCNC1CC2CCC(C1)N2C. The van der Waals surface area contributed by atoms with Gasteiger partial charge in [0.1, 0.15) is 0 Å². The van der Waals surface area contributed by atoms with E-state index in [1.54, 1.807) is 0 Å².